The van der Waals surface area contributed by atoms with Crippen molar-refractivity contribution in [2.24, 2.45) is 0 Å². The van der Waals surface area contributed by atoms with Gasteiger partial charge in [-0.3, -0.25) is 0 Å². The van der Waals surface area contributed by atoms with Crippen LogP contribution in [0.4, 0.5) is 0 Å². The third-order valence-electron chi connectivity index (χ3n) is 1.34. The van der Waals surface area contributed by atoms with Crippen molar-refractivity contribution in [1.82, 2.24) is 0 Å². The Morgan fingerprint density at radius 2 is 2.43 bits per heavy atom. The molecule has 0 aromatic rings. The van der Waals surface area contributed by atoms with Gasteiger partial charge in [0.1, 0.15) is 0 Å². The lowest BCUT2D eigenvalue weighted by Crippen LogP contribution is -2.15. The predicted molar refractivity (Wildman–Crippen MR) is 26.0 cm³/mol. The highest BCUT2D eigenvalue weighted by Crippen LogP contribution is 2.10. The summed E-state index contributed by atoms with van der Waals surface area (Å²) in [5, 5.41) is 8.87. The predicted octanol–water partition coefficient (Wildman–Crippen LogP) is 0.156. The summed E-state index contributed by atoms with van der Waals surface area (Å²) >= 11 is 0. The Labute approximate surface area is 43.1 Å². The van der Waals surface area contributed by atoms with Gasteiger partial charge in [-0.05, 0) is 13.3 Å². The van der Waals surface area contributed by atoms with E-state index >= 15 is 0 Å². The first-order chi connectivity index (χ1) is 3.30. The lowest BCUT2D eigenvalue weighted by molar-refractivity contribution is 0.0556. The van der Waals surface area contributed by atoms with Gasteiger partial charge >= 0.3 is 0 Å². The second-order valence-electron chi connectivity index (χ2n) is 1.93. The van der Waals surface area contributed by atoms with Crippen molar-refractivity contribution in [2.75, 3.05) is 6.61 Å². The van der Waals surface area contributed by atoms with Crippen LogP contribution in [-0.4, -0.2) is 23.9 Å². The van der Waals surface area contributed by atoms with E-state index in [-0.39, 0.29) is 12.2 Å². The van der Waals surface area contributed by atoms with Crippen molar-refractivity contribution >= 4 is 0 Å². The largest absolute Gasteiger partial charge is 0.390 e. The molecule has 0 unspecified atom stereocenters. The molecule has 2 atom stereocenters. The van der Waals surface area contributed by atoms with E-state index in [0.29, 0.717) is 0 Å². The Balaban J connectivity index is 2.33. The van der Waals surface area contributed by atoms with E-state index in [4.69, 9.17) is 9.84 Å². The van der Waals surface area contributed by atoms with E-state index < -0.39 is 0 Å². The Morgan fingerprint density at radius 3 is 2.57 bits per heavy atom. The molecule has 42 valence electrons. The minimum Gasteiger partial charge on any atom is -0.390 e. The minimum absolute atomic E-state index is 0.0694. The van der Waals surface area contributed by atoms with Crippen molar-refractivity contribution in [2.45, 2.75) is 25.6 Å². The third-order valence-corrected chi connectivity index (χ3v) is 1.34. The highest BCUT2D eigenvalue weighted by molar-refractivity contribution is 4.69. The van der Waals surface area contributed by atoms with E-state index in [1.165, 1.54) is 0 Å². The maximum absolute atomic E-state index is 8.87. The second-order valence-corrected chi connectivity index (χ2v) is 1.93. The zero-order chi connectivity index (χ0) is 5.28. The molecular weight excluding hydrogens is 92.1 g/mol. The molecule has 0 saturated carbocycles. The van der Waals surface area contributed by atoms with Gasteiger partial charge < -0.3 is 9.84 Å². The van der Waals surface area contributed by atoms with Crippen molar-refractivity contribution in [3.8, 4) is 0 Å². The molecule has 0 aromatic heterocycles. The fourth-order valence-electron chi connectivity index (χ4n) is 0.720. The van der Waals surface area contributed by atoms with Crippen LogP contribution in [0.1, 0.15) is 13.3 Å². The van der Waals surface area contributed by atoms with Crippen LogP contribution in [0.2, 0.25) is 0 Å². The smallest absolute Gasteiger partial charge is 0.0821 e. The van der Waals surface area contributed by atoms with Crippen molar-refractivity contribution < 1.29 is 9.84 Å². The molecule has 1 fully saturated rings. The summed E-state index contributed by atoms with van der Waals surface area (Å²) in [5.74, 6) is 0. The summed E-state index contributed by atoms with van der Waals surface area (Å²) in [7, 11) is 0. The van der Waals surface area contributed by atoms with Crippen molar-refractivity contribution in [3.63, 3.8) is 0 Å². The molecule has 1 heterocycles. The molecule has 1 rings (SSSR count). The molecule has 7 heavy (non-hydrogen) atoms. The molecule has 1 saturated heterocycles. The van der Waals surface area contributed by atoms with Crippen LogP contribution in [0.25, 0.3) is 0 Å². The molecule has 1 N–H and O–H groups in total. The fraction of sp³-hybridized carbons (Fsp3) is 1.00. The Hall–Kier alpha value is -0.0800. The lowest BCUT2D eigenvalue weighted by atomic mass is 10.2. The topological polar surface area (TPSA) is 29.5 Å². The fourth-order valence-corrected chi connectivity index (χ4v) is 0.720. The van der Waals surface area contributed by atoms with Crippen LogP contribution in [0.3, 0.4) is 0 Å². The van der Waals surface area contributed by atoms with Crippen LogP contribution >= 0.6 is 0 Å². The second kappa shape index (κ2) is 1.80. The minimum atomic E-state index is -0.208. The normalized spacial score (nSPS) is 42.0. The summed E-state index contributed by atoms with van der Waals surface area (Å²) < 4.78 is 5.02. The summed E-state index contributed by atoms with van der Waals surface area (Å²) in [6, 6.07) is 0. The Bertz CT molecular complexity index is 55.1. The Kier molecular flexibility index (Phi) is 1.30. The number of aliphatic hydroxyl groups is 1. The number of ether oxygens (including phenoxy) is 1. The average Bonchev–Trinajstić information content (AvgIpc) is 1.91. The molecule has 0 spiro atoms. The van der Waals surface area contributed by atoms with Gasteiger partial charge in [0, 0.05) is 6.61 Å². The summed E-state index contributed by atoms with van der Waals surface area (Å²) in [5.41, 5.74) is 0. The van der Waals surface area contributed by atoms with Crippen molar-refractivity contribution in [1.29, 1.82) is 0 Å². The molecule has 2 heteroatoms. The van der Waals surface area contributed by atoms with Gasteiger partial charge in [-0.25, -0.2) is 0 Å². The van der Waals surface area contributed by atoms with Gasteiger partial charge in [0.15, 0.2) is 0 Å². The monoisotopic (exact) mass is 102 g/mol. The van der Waals surface area contributed by atoms with Crippen LogP contribution in [0.5, 0.6) is 0 Å². The maximum Gasteiger partial charge on any atom is 0.0821 e. The van der Waals surface area contributed by atoms with Crippen LogP contribution in [0, 0.1) is 0 Å². The lowest BCUT2D eigenvalue weighted by Gasteiger charge is -2.03. The van der Waals surface area contributed by atoms with Gasteiger partial charge in [0.05, 0.1) is 12.2 Å². The van der Waals surface area contributed by atoms with E-state index in [2.05, 4.69) is 0 Å². The van der Waals surface area contributed by atoms with Gasteiger partial charge in [-0.1, -0.05) is 0 Å². The summed E-state index contributed by atoms with van der Waals surface area (Å²) in [4.78, 5) is 0. The van der Waals surface area contributed by atoms with Gasteiger partial charge in [-0.15, -0.1) is 0 Å². The standard InChI is InChI=1S/C5H10O2/c1-4-5(6)2-3-7-4/h4-6H,2-3H2,1H3/t4-,5-/m1/s1. The highest BCUT2D eigenvalue weighted by Gasteiger charge is 2.20. The van der Waals surface area contributed by atoms with E-state index in [0.717, 1.165) is 13.0 Å². The molecule has 0 bridgehead atoms. The molecule has 1 aliphatic heterocycles. The molecule has 2 nitrogen and oxygen atoms in total. The molecule has 0 aromatic carbocycles. The number of hydrogen-bond acceptors (Lipinski definition) is 2. The average molecular weight is 102 g/mol. The van der Waals surface area contributed by atoms with Crippen LogP contribution in [-0.2, 0) is 4.74 Å². The molecule has 0 radical (unpaired) electrons. The first kappa shape index (κ1) is 5.06. The van der Waals surface area contributed by atoms with Gasteiger partial charge in [0.25, 0.3) is 0 Å². The number of aliphatic hydroxyl groups excluding tert-OH is 1. The number of rotatable bonds is 0. The third kappa shape index (κ3) is 0.924. The molecule has 1 aliphatic rings. The first-order valence-corrected chi connectivity index (χ1v) is 2.60. The zero-order valence-corrected chi connectivity index (χ0v) is 4.42. The van der Waals surface area contributed by atoms with E-state index in [9.17, 15) is 0 Å². The maximum atomic E-state index is 8.87. The van der Waals surface area contributed by atoms with Crippen molar-refractivity contribution in [3.05, 3.63) is 0 Å². The molecule has 0 amide bonds. The first-order valence-electron chi connectivity index (χ1n) is 2.60. The zero-order valence-electron chi connectivity index (χ0n) is 4.42. The number of hydrogen-bond donors (Lipinski definition) is 1. The van der Waals surface area contributed by atoms with E-state index in [1.807, 2.05) is 6.92 Å². The highest BCUT2D eigenvalue weighted by atomic mass is 16.5. The van der Waals surface area contributed by atoms with Crippen LogP contribution in [0.15, 0.2) is 0 Å². The quantitative estimate of drug-likeness (QED) is 0.472. The van der Waals surface area contributed by atoms with Crippen LogP contribution < -0.4 is 0 Å². The summed E-state index contributed by atoms with van der Waals surface area (Å²) in [6.07, 6.45) is 0.668. The van der Waals surface area contributed by atoms with E-state index in [1.54, 1.807) is 0 Å². The SMILES string of the molecule is C[C@H]1OCC[C@H]1O. The Morgan fingerprint density at radius 1 is 1.71 bits per heavy atom. The van der Waals surface area contributed by atoms with Gasteiger partial charge in [0.2, 0.25) is 0 Å². The van der Waals surface area contributed by atoms with Gasteiger partial charge in [-0.2, -0.15) is 0 Å². The molecule has 0 aliphatic carbocycles. The summed E-state index contributed by atoms with van der Waals surface area (Å²) in [6.45, 7) is 2.61. The molecular formula is C5H10O2.